The van der Waals surface area contributed by atoms with Crippen molar-refractivity contribution in [2.75, 3.05) is 0 Å². The number of amides is 2. The van der Waals surface area contributed by atoms with Gasteiger partial charge in [0.15, 0.2) is 5.96 Å². The molecule has 186 valence electrons. The second-order valence-electron chi connectivity index (χ2n) is 10.0. The highest BCUT2D eigenvalue weighted by atomic mass is 19.1. The predicted octanol–water partition coefficient (Wildman–Crippen LogP) is 4.46. The third-order valence-electron chi connectivity index (χ3n) is 6.99. The number of rotatable bonds is 6. The van der Waals surface area contributed by atoms with Crippen LogP contribution in [0, 0.1) is 5.82 Å². The molecule has 4 rings (SSSR count). The molecule has 0 aromatic heterocycles. The Kier molecular flexibility index (Phi) is 6.58. The molecular formula is C27H33FN4O3. The molecule has 0 saturated heterocycles. The molecule has 2 aromatic rings. The number of ether oxygens (including phenoxy) is 1. The van der Waals surface area contributed by atoms with Crippen LogP contribution in [0.1, 0.15) is 80.9 Å². The topological polar surface area (TPSA) is 97.0 Å². The zero-order chi connectivity index (χ0) is 25.4. The number of nitrogens with zero attached hydrogens (tertiary/aromatic N) is 2. The van der Waals surface area contributed by atoms with E-state index in [4.69, 9.17) is 10.5 Å². The van der Waals surface area contributed by atoms with Gasteiger partial charge in [0.05, 0.1) is 24.5 Å². The van der Waals surface area contributed by atoms with Crippen LogP contribution in [-0.2, 0) is 11.3 Å². The minimum atomic E-state index is -0.557. The molecule has 1 atom stereocenters. The molecule has 2 aliphatic heterocycles. The minimum Gasteiger partial charge on any atom is -0.487 e. The van der Waals surface area contributed by atoms with E-state index >= 15 is 0 Å². The van der Waals surface area contributed by atoms with Gasteiger partial charge in [0, 0.05) is 23.6 Å². The van der Waals surface area contributed by atoms with Gasteiger partial charge >= 0.3 is 0 Å². The van der Waals surface area contributed by atoms with Crippen molar-refractivity contribution in [3.8, 4) is 5.75 Å². The van der Waals surface area contributed by atoms with E-state index in [1.54, 1.807) is 24.3 Å². The fourth-order valence-electron chi connectivity index (χ4n) is 4.86. The average Bonchev–Trinajstić information content (AvgIpc) is 2.80. The quantitative estimate of drug-likeness (QED) is 0.638. The van der Waals surface area contributed by atoms with Crippen LogP contribution in [-0.4, -0.2) is 33.8 Å². The third kappa shape index (κ3) is 5.16. The largest absolute Gasteiger partial charge is 0.487 e. The molecule has 0 spiro atoms. The molecule has 8 heteroatoms. The number of nitrogens with one attached hydrogen (secondary N) is 1. The number of fused-ring (bicyclic) bond motifs is 1. The highest BCUT2D eigenvalue weighted by Crippen LogP contribution is 2.40. The number of aliphatic imine (C=N–C) groups is 1. The van der Waals surface area contributed by atoms with E-state index in [-0.39, 0.29) is 36.2 Å². The van der Waals surface area contributed by atoms with E-state index in [2.05, 4.69) is 10.3 Å². The van der Waals surface area contributed by atoms with Crippen molar-refractivity contribution in [1.82, 2.24) is 10.2 Å². The molecule has 0 aliphatic carbocycles. The van der Waals surface area contributed by atoms with Gasteiger partial charge in [0.25, 0.3) is 5.91 Å². The second kappa shape index (κ2) is 9.32. The predicted molar refractivity (Wildman–Crippen MR) is 132 cm³/mol. The van der Waals surface area contributed by atoms with Crippen LogP contribution < -0.4 is 15.8 Å². The van der Waals surface area contributed by atoms with Crippen molar-refractivity contribution in [2.45, 2.75) is 77.1 Å². The summed E-state index contributed by atoms with van der Waals surface area (Å²) in [6.07, 6.45) is 2.36. The maximum atomic E-state index is 13.8. The summed E-state index contributed by atoms with van der Waals surface area (Å²) in [5.41, 5.74) is 7.18. The molecule has 3 N–H and O–H groups in total. The van der Waals surface area contributed by atoms with E-state index in [0.29, 0.717) is 24.2 Å². The van der Waals surface area contributed by atoms with Gasteiger partial charge in [-0.3, -0.25) is 14.5 Å². The number of carbonyl (C=O) groups is 2. The maximum Gasteiger partial charge on any atom is 0.251 e. The van der Waals surface area contributed by atoms with Crippen LogP contribution in [0.15, 0.2) is 47.5 Å². The van der Waals surface area contributed by atoms with E-state index in [9.17, 15) is 14.0 Å². The first-order chi connectivity index (χ1) is 16.5. The van der Waals surface area contributed by atoms with Gasteiger partial charge in [0.2, 0.25) is 5.91 Å². The number of halogens is 1. The van der Waals surface area contributed by atoms with Gasteiger partial charge in [-0.1, -0.05) is 32.0 Å². The Bertz CT molecular complexity index is 1170. The molecular weight excluding hydrogens is 447 g/mol. The fraction of sp³-hybridized carbons (Fsp3) is 0.444. The van der Waals surface area contributed by atoms with Crippen LogP contribution >= 0.6 is 0 Å². The summed E-state index contributed by atoms with van der Waals surface area (Å²) in [7, 11) is 0. The van der Waals surface area contributed by atoms with Crippen molar-refractivity contribution >= 4 is 17.8 Å². The lowest BCUT2D eigenvalue weighted by atomic mass is 9.88. The molecule has 7 nitrogen and oxygen atoms in total. The van der Waals surface area contributed by atoms with E-state index in [1.165, 1.54) is 17.0 Å². The highest BCUT2D eigenvalue weighted by molar-refractivity contribution is 5.99. The summed E-state index contributed by atoms with van der Waals surface area (Å²) in [5.74, 6) is -0.0526. The third-order valence-corrected chi connectivity index (χ3v) is 6.99. The van der Waals surface area contributed by atoms with E-state index < -0.39 is 11.1 Å². The molecule has 0 radical (unpaired) electrons. The average molecular weight is 481 g/mol. The molecule has 0 bridgehead atoms. The number of nitrogens with two attached hydrogens (primary N) is 1. The van der Waals surface area contributed by atoms with Crippen LogP contribution in [0.3, 0.4) is 0 Å². The SMILES string of the molecule is CCC1(CC)CC(=O)N(Cc2cccc(C(=O)N[C@H]3CC(C)(C)Oc4cc(F)ccc43)c2)C(N)=N1. The Balaban J connectivity index is 1.52. The zero-order valence-electron chi connectivity index (χ0n) is 20.7. The van der Waals surface area contributed by atoms with Gasteiger partial charge < -0.3 is 15.8 Å². The smallest absolute Gasteiger partial charge is 0.251 e. The first-order valence-corrected chi connectivity index (χ1v) is 12.1. The summed E-state index contributed by atoms with van der Waals surface area (Å²) in [6, 6.07) is 11.2. The molecule has 2 aliphatic rings. The van der Waals surface area contributed by atoms with Crippen LogP contribution in [0.5, 0.6) is 5.75 Å². The first-order valence-electron chi connectivity index (χ1n) is 12.1. The normalized spacial score (nSPS) is 20.5. The van der Waals surface area contributed by atoms with Gasteiger partial charge in [-0.25, -0.2) is 9.38 Å². The number of guanidine groups is 1. The van der Waals surface area contributed by atoms with Crippen LogP contribution in [0.4, 0.5) is 4.39 Å². The second-order valence-corrected chi connectivity index (χ2v) is 10.0. The lowest BCUT2D eigenvalue weighted by molar-refractivity contribution is -0.130. The summed E-state index contributed by atoms with van der Waals surface area (Å²) >= 11 is 0. The van der Waals surface area contributed by atoms with Crippen LogP contribution in [0.2, 0.25) is 0 Å². The lowest BCUT2D eigenvalue weighted by Crippen LogP contribution is -2.50. The zero-order valence-corrected chi connectivity index (χ0v) is 20.7. The van der Waals surface area contributed by atoms with Crippen molar-refractivity contribution in [2.24, 2.45) is 10.7 Å². The summed E-state index contributed by atoms with van der Waals surface area (Å²) in [6.45, 7) is 8.09. The summed E-state index contributed by atoms with van der Waals surface area (Å²) in [5, 5.41) is 3.07. The number of benzene rings is 2. The fourth-order valence-corrected chi connectivity index (χ4v) is 4.86. The maximum absolute atomic E-state index is 13.8. The molecule has 2 aromatic carbocycles. The van der Waals surface area contributed by atoms with E-state index in [1.807, 2.05) is 33.8 Å². The number of hydrogen-bond acceptors (Lipinski definition) is 5. The Morgan fingerprint density at radius 1 is 1.23 bits per heavy atom. The molecule has 0 fully saturated rings. The highest BCUT2D eigenvalue weighted by Gasteiger charge is 2.37. The standard InChI is InChI=1S/C27H33FN4O3/c1-5-27(6-2)15-23(33)32(25(29)31-27)16-17-8-7-9-18(12-17)24(34)30-21-14-26(3,4)35-22-13-19(28)10-11-20(21)22/h7-13,21H,5-6,14-16H2,1-4H3,(H2,29,31)(H,30,34)/t21-/m0/s1. The summed E-state index contributed by atoms with van der Waals surface area (Å²) in [4.78, 5) is 32.2. The number of hydrogen-bond donors (Lipinski definition) is 2. The molecule has 0 unspecified atom stereocenters. The number of carbonyl (C=O) groups excluding carboxylic acids is 2. The molecule has 2 amide bonds. The van der Waals surface area contributed by atoms with Crippen molar-refractivity contribution in [1.29, 1.82) is 0 Å². The van der Waals surface area contributed by atoms with E-state index in [0.717, 1.165) is 24.0 Å². The molecule has 0 saturated carbocycles. The van der Waals surface area contributed by atoms with Crippen LogP contribution in [0.25, 0.3) is 0 Å². The first kappa shape index (κ1) is 24.7. The lowest BCUT2D eigenvalue weighted by Gasteiger charge is -2.38. The minimum absolute atomic E-state index is 0.0654. The van der Waals surface area contributed by atoms with Crippen molar-refractivity contribution in [3.05, 3.63) is 65.0 Å². The van der Waals surface area contributed by atoms with Crippen molar-refractivity contribution in [3.63, 3.8) is 0 Å². The molecule has 2 heterocycles. The van der Waals surface area contributed by atoms with Gasteiger partial charge in [-0.15, -0.1) is 0 Å². The Morgan fingerprint density at radius 2 is 1.97 bits per heavy atom. The van der Waals surface area contributed by atoms with Gasteiger partial charge in [0.1, 0.15) is 17.2 Å². The van der Waals surface area contributed by atoms with Gasteiger partial charge in [-0.05, 0) is 50.5 Å². The Morgan fingerprint density at radius 3 is 2.66 bits per heavy atom. The Labute approximate surface area is 205 Å². The van der Waals surface area contributed by atoms with Crippen molar-refractivity contribution < 1.29 is 18.7 Å². The Hall–Kier alpha value is -3.42. The summed E-state index contributed by atoms with van der Waals surface area (Å²) < 4.78 is 19.7. The monoisotopic (exact) mass is 480 g/mol. The van der Waals surface area contributed by atoms with Gasteiger partial charge in [-0.2, -0.15) is 0 Å². The molecule has 35 heavy (non-hydrogen) atoms.